The Hall–Kier alpha value is -0.740. The number of nitrogens with one attached hydrogen (secondary N) is 1. The summed E-state index contributed by atoms with van der Waals surface area (Å²) in [5, 5.41) is 3.19. The molecule has 1 fully saturated rings. The highest BCUT2D eigenvalue weighted by Gasteiger charge is 2.29. The van der Waals surface area contributed by atoms with Crippen molar-refractivity contribution in [2.75, 3.05) is 13.1 Å². The number of hydrogen-bond acceptors (Lipinski definition) is 2. The van der Waals surface area contributed by atoms with Gasteiger partial charge in [-0.25, -0.2) is 4.39 Å². The lowest BCUT2D eigenvalue weighted by molar-refractivity contribution is -0.122. The van der Waals surface area contributed by atoms with E-state index in [-0.39, 0.29) is 23.9 Å². The van der Waals surface area contributed by atoms with Crippen molar-refractivity contribution in [2.45, 2.75) is 13.3 Å². The van der Waals surface area contributed by atoms with E-state index in [0.717, 1.165) is 13.1 Å². The predicted octanol–water partition coefficient (Wildman–Crippen LogP) is 2.56. The minimum absolute atomic E-state index is 0.0260. The van der Waals surface area contributed by atoms with Crippen LogP contribution in [0.5, 0.6) is 0 Å². The number of carbonyl (C=O) groups excluding carboxylic acids is 1. The van der Waals surface area contributed by atoms with Crippen molar-refractivity contribution in [1.82, 2.24) is 5.32 Å². The first-order chi connectivity index (χ1) is 8.08. The number of rotatable bonds is 3. The molecule has 1 saturated heterocycles. The van der Waals surface area contributed by atoms with Crippen LogP contribution in [0.4, 0.5) is 4.39 Å². The Labute approximate surface area is 109 Å². The number of benzene rings is 1. The van der Waals surface area contributed by atoms with E-state index in [4.69, 9.17) is 0 Å². The standard InChI is InChI=1S/C13H15BrFNO/c1-8-6-16-7-11(8)13(17)4-9-2-3-10(14)5-12(9)15/h2-3,5,8,11,16H,4,6-7H2,1H3. The van der Waals surface area contributed by atoms with Gasteiger partial charge in [-0.1, -0.05) is 28.9 Å². The van der Waals surface area contributed by atoms with Gasteiger partial charge in [0.1, 0.15) is 11.6 Å². The van der Waals surface area contributed by atoms with Gasteiger partial charge in [-0.3, -0.25) is 4.79 Å². The molecule has 2 unspecified atom stereocenters. The van der Waals surface area contributed by atoms with Gasteiger partial charge in [-0.05, 0) is 30.2 Å². The average Bonchev–Trinajstić information content (AvgIpc) is 2.68. The summed E-state index contributed by atoms with van der Waals surface area (Å²) in [5.74, 6) is 0.189. The van der Waals surface area contributed by atoms with E-state index >= 15 is 0 Å². The third kappa shape index (κ3) is 2.93. The molecule has 1 N–H and O–H groups in total. The SMILES string of the molecule is CC1CNCC1C(=O)Cc1ccc(Br)cc1F. The molecular weight excluding hydrogens is 285 g/mol. The van der Waals surface area contributed by atoms with Crippen LogP contribution in [0, 0.1) is 17.7 Å². The average molecular weight is 300 g/mol. The fourth-order valence-corrected chi connectivity index (χ4v) is 2.56. The second kappa shape index (κ2) is 5.27. The lowest BCUT2D eigenvalue weighted by atomic mass is 9.90. The second-order valence-corrected chi connectivity index (χ2v) is 5.54. The molecule has 92 valence electrons. The third-order valence-electron chi connectivity index (χ3n) is 3.31. The predicted molar refractivity (Wildman–Crippen MR) is 68.3 cm³/mol. The summed E-state index contributed by atoms with van der Waals surface area (Å²) in [6.45, 7) is 3.65. The first-order valence-corrected chi connectivity index (χ1v) is 6.54. The maximum absolute atomic E-state index is 13.6. The van der Waals surface area contributed by atoms with Gasteiger partial charge in [0.15, 0.2) is 0 Å². The summed E-state index contributed by atoms with van der Waals surface area (Å²) in [6.07, 6.45) is 0.190. The maximum Gasteiger partial charge on any atom is 0.142 e. The summed E-state index contributed by atoms with van der Waals surface area (Å²) in [5.41, 5.74) is 0.484. The van der Waals surface area contributed by atoms with Gasteiger partial charge in [0.2, 0.25) is 0 Å². The zero-order valence-electron chi connectivity index (χ0n) is 9.67. The first-order valence-electron chi connectivity index (χ1n) is 5.75. The Morgan fingerprint density at radius 1 is 1.53 bits per heavy atom. The van der Waals surface area contributed by atoms with Crippen molar-refractivity contribution in [3.8, 4) is 0 Å². The van der Waals surface area contributed by atoms with Crippen LogP contribution >= 0.6 is 15.9 Å². The Morgan fingerprint density at radius 2 is 2.29 bits per heavy atom. The van der Waals surface area contributed by atoms with Gasteiger partial charge in [0.25, 0.3) is 0 Å². The summed E-state index contributed by atoms with van der Waals surface area (Å²) in [4.78, 5) is 12.0. The Morgan fingerprint density at radius 3 is 2.88 bits per heavy atom. The van der Waals surface area contributed by atoms with E-state index in [2.05, 4.69) is 28.2 Å². The van der Waals surface area contributed by atoms with Gasteiger partial charge in [0.05, 0.1) is 0 Å². The minimum atomic E-state index is -0.314. The number of halogens is 2. The van der Waals surface area contributed by atoms with Crippen LogP contribution in [-0.4, -0.2) is 18.9 Å². The van der Waals surface area contributed by atoms with Crippen molar-refractivity contribution in [3.05, 3.63) is 34.1 Å². The summed E-state index contributed by atoms with van der Waals surface area (Å²) >= 11 is 3.20. The highest BCUT2D eigenvalue weighted by Crippen LogP contribution is 2.21. The summed E-state index contributed by atoms with van der Waals surface area (Å²) < 4.78 is 14.3. The normalized spacial score (nSPS) is 23.9. The van der Waals surface area contributed by atoms with Crippen LogP contribution in [0.25, 0.3) is 0 Å². The molecule has 1 aromatic rings. The molecule has 1 aliphatic heterocycles. The van der Waals surface area contributed by atoms with E-state index in [1.165, 1.54) is 6.07 Å². The molecule has 2 rings (SSSR count). The molecule has 1 aromatic carbocycles. The maximum atomic E-state index is 13.6. The molecule has 0 saturated carbocycles. The van der Waals surface area contributed by atoms with Crippen molar-refractivity contribution in [1.29, 1.82) is 0 Å². The molecule has 17 heavy (non-hydrogen) atoms. The molecule has 4 heteroatoms. The number of ketones is 1. The second-order valence-electron chi connectivity index (χ2n) is 4.62. The fraction of sp³-hybridized carbons (Fsp3) is 0.462. The highest BCUT2D eigenvalue weighted by molar-refractivity contribution is 9.10. The van der Waals surface area contributed by atoms with Crippen LogP contribution in [-0.2, 0) is 11.2 Å². The molecule has 0 radical (unpaired) electrons. The first kappa shape index (κ1) is 12.7. The van der Waals surface area contributed by atoms with Crippen molar-refractivity contribution in [2.24, 2.45) is 11.8 Å². The Kier molecular flexibility index (Phi) is 3.94. The van der Waals surface area contributed by atoms with Crippen molar-refractivity contribution >= 4 is 21.7 Å². The van der Waals surface area contributed by atoms with E-state index in [9.17, 15) is 9.18 Å². The number of carbonyl (C=O) groups is 1. The molecular formula is C13H15BrFNO. The third-order valence-corrected chi connectivity index (χ3v) is 3.80. The summed E-state index contributed by atoms with van der Waals surface area (Å²) in [7, 11) is 0. The van der Waals surface area contributed by atoms with E-state index in [1.54, 1.807) is 12.1 Å². The topological polar surface area (TPSA) is 29.1 Å². The highest BCUT2D eigenvalue weighted by atomic mass is 79.9. The molecule has 1 heterocycles. The number of Topliss-reactive ketones (excluding diaryl/α,β-unsaturated/α-hetero) is 1. The van der Waals surface area contributed by atoms with E-state index in [1.807, 2.05) is 0 Å². The van der Waals surface area contributed by atoms with E-state index in [0.29, 0.717) is 16.0 Å². The van der Waals surface area contributed by atoms with Crippen LogP contribution in [0.3, 0.4) is 0 Å². The zero-order valence-corrected chi connectivity index (χ0v) is 11.3. The molecule has 2 atom stereocenters. The van der Waals surface area contributed by atoms with Crippen molar-refractivity contribution < 1.29 is 9.18 Å². The van der Waals surface area contributed by atoms with Gasteiger partial charge in [-0.2, -0.15) is 0 Å². The van der Waals surface area contributed by atoms with Crippen LogP contribution < -0.4 is 5.32 Å². The minimum Gasteiger partial charge on any atom is -0.316 e. The van der Waals surface area contributed by atoms with E-state index < -0.39 is 0 Å². The quantitative estimate of drug-likeness (QED) is 0.929. The van der Waals surface area contributed by atoms with Gasteiger partial charge >= 0.3 is 0 Å². The van der Waals surface area contributed by atoms with Crippen LogP contribution in [0.15, 0.2) is 22.7 Å². The smallest absolute Gasteiger partial charge is 0.142 e. The lowest BCUT2D eigenvalue weighted by Crippen LogP contribution is -2.23. The molecule has 2 nitrogen and oxygen atoms in total. The van der Waals surface area contributed by atoms with Gasteiger partial charge < -0.3 is 5.32 Å². The summed E-state index contributed by atoms with van der Waals surface area (Å²) in [6, 6.07) is 4.84. The monoisotopic (exact) mass is 299 g/mol. The molecule has 1 aliphatic rings. The van der Waals surface area contributed by atoms with Crippen LogP contribution in [0.1, 0.15) is 12.5 Å². The lowest BCUT2D eigenvalue weighted by Gasteiger charge is -2.13. The van der Waals surface area contributed by atoms with Gasteiger partial charge in [-0.15, -0.1) is 0 Å². The molecule has 0 spiro atoms. The molecule has 0 aliphatic carbocycles. The zero-order chi connectivity index (χ0) is 12.4. The molecule has 0 aromatic heterocycles. The fourth-order valence-electron chi connectivity index (χ4n) is 2.22. The van der Waals surface area contributed by atoms with Crippen molar-refractivity contribution in [3.63, 3.8) is 0 Å². The Balaban J connectivity index is 2.07. The largest absolute Gasteiger partial charge is 0.316 e. The Bertz CT molecular complexity index is 435. The van der Waals surface area contributed by atoms with Gasteiger partial charge in [0, 0.05) is 23.4 Å². The molecule has 0 bridgehead atoms. The molecule has 0 amide bonds. The number of hydrogen-bond donors (Lipinski definition) is 1. The van der Waals surface area contributed by atoms with Crippen LogP contribution in [0.2, 0.25) is 0 Å².